The molecule has 0 aliphatic carbocycles. The number of halogens is 2. The highest BCUT2D eigenvalue weighted by atomic mass is 79.9. The maximum absolute atomic E-state index is 14.7. The third-order valence-electron chi connectivity index (χ3n) is 4.56. The van der Waals surface area contributed by atoms with Gasteiger partial charge in [-0.2, -0.15) is 0 Å². The molecule has 0 amide bonds. The molecule has 0 N–H and O–H groups in total. The van der Waals surface area contributed by atoms with E-state index in [1.807, 2.05) is 59.7 Å². The molecule has 126 valence electrons. The normalized spacial score (nSPS) is 20.9. The smallest absolute Gasteiger partial charge is 0.398 e. The first kappa shape index (κ1) is 18.7. The van der Waals surface area contributed by atoms with Crippen LogP contribution in [-0.4, -0.2) is 18.3 Å². The minimum atomic E-state index is -0.929. The topological polar surface area (TPSA) is 18.5 Å². The third kappa shape index (κ3) is 4.46. The first-order valence-electron chi connectivity index (χ1n) is 7.90. The van der Waals surface area contributed by atoms with Crippen molar-refractivity contribution in [2.24, 2.45) is 5.41 Å². The molecular formula is C18H25BBrFO2. The van der Waals surface area contributed by atoms with Gasteiger partial charge in [-0.25, -0.2) is 4.39 Å². The molecule has 0 atom stereocenters. The van der Waals surface area contributed by atoms with Crippen LogP contribution in [0.15, 0.2) is 40.5 Å². The molecule has 23 heavy (non-hydrogen) atoms. The molecule has 0 unspecified atom stereocenters. The molecule has 1 saturated heterocycles. The molecule has 1 fully saturated rings. The Morgan fingerprint density at radius 1 is 1.22 bits per heavy atom. The number of benzene rings is 1. The van der Waals surface area contributed by atoms with E-state index in [2.05, 4.69) is 22.0 Å². The summed E-state index contributed by atoms with van der Waals surface area (Å²) in [5.74, 6) is 0. The predicted octanol–water partition coefficient (Wildman–Crippen LogP) is 5.50. The summed E-state index contributed by atoms with van der Waals surface area (Å²) in [4.78, 5) is 0. The molecule has 1 aliphatic heterocycles. The minimum absolute atomic E-state index is 0.339. The van der Waals surface area contributed by atoms with Gasteiger partial charge in [-0.1, -0.05) is 48.0 Å². The maximum Gasteiger partial charge on any atom is 0.524 e. The summed E-state index contributed by atoms with van der Waals surface area (Å²) in [7, 11) is -0.929. The maximum atomic E-state index is 14.7. The van der Waals surface area contributed by atoms with Crippen molar-refractivity contribution in [3.05, 3.63) is 46.1 Å². The lowest BCUT2D eigenvalue weighted by molar-refractivity contribution is 0.00578. The second-order valence-corrected chi connectivity index (χ2v) is 8.83. The fourth-order valence-electron chi connectivity index (χ4n) is 2.62. The van der Waals surface area contributed by atoms with E-state index in [-0.39, 0.29) is 11.1 Å². The lowest BCUT2D eigenvalue weighted by atomic mass is 9.79. The largest absolute Gasteiger partial charge is 0.524 e. The summed E-state index contributed by atoms with van der Waals surface area (Å²) < 4.78 is 27.2. The average molecular weight is 383 g/mol. The Bertz CT molecular complexity index is 595. The van der Waals surface area contributed by atoms with Gasteiger partial charge in [0.25, 0.3) is 0 Å². The van der Waals surface area contributed by atoms with E-state index < -0.39 is 18.3 Å². The van der Waals surface area contributed by atoms with Crippen molar-refractivity contribution in [3.63, 3.8) is 0 Å². The SMILES string of the molecule is CC(C)(C=C(F)B1OC(C)(C)C(C)(C)O1)Cc1cccc(Br)c1. The lowest BCUT2D eigenvalue weighted by Crippen LogP contribution is -2.41. The molecule has 0 aromatic heterocycles. The van der Waals surface area contributed by atoms with Crippen LogP contribution in [0.4, 0.5) is 4.39 Å². The molecule has 0 saturated carbocycles. The van der Waals surface area contributed by atoms with E-state index in [0.717, 1.165) is 16.5 Å². The monoisotopic (exact) mass is 382 g/mol. The predicted molar refractivity (Wildman–Crippen MR) is 96.9 cm³/mol. The van der Waals surface area contributed by atoms with Gasteiger partial charge < -0.3 is 9.31 Å². The van der Waals surface area contributed by atoms with Crippen LogP contribution < -0.4 is 0 Å². The van der Waals surface area contributed by atoms with Gasteiger partial charge >= 0.3 is 7.12 Å². The Labute approximate surface area is 147 Å². The van der Waals surface area contributed by atoms with Gasteiger partial charge in [-0.05, 0) is 57.2 Å². The van der Waals surface area contributed by atoms with Crippen LogP contribution >= 0.6 is 15.9 Å². The van der Waals surface area contributed by atoms with Crippen molar-refractivity contribution >= 4 is 23.0 Å². The highest BCUT2D eigenvalue weighted by Crippen LogP contribution is 2.39. The highest BCUT2D eigenvalue weighted by Gasteiger charge is 2.53. The Hall–Kier alpha value is -0.645. The van der Waals surface area contributed by atoms with E-state index in [0.29, 0.717) is 0 Å². The van der Waals surface area contributed by atoms with E-state index in [1.165, 1.54) is 0 Å². The zero-order valence-electron chi connectivity index (χ0n) is 14.7. The van der Waals surface area contributed by atoms with E-state index in [1.54, 1.807) is 6.08 Å². The van der Waals surface area contributed by atoms with Crippen LogP contribution in [0.5, 0.6) is 0 Å². The van der Waals surface area contributed by atoms with E-state index >= 15 is 0 Å². The van der Waals surface area contributed by atoms with Gasteiger partial charge in [0.1, 0.15) is 5.73 Å². The highest BCUT2D eigenvalue weighted by molar-refractivity contribution is 9.10. The molecule has 2 rings (SSSR count). The number of hydrogen-bond donors (Lipinski definition) is 0. The minimum Gasteiger partial charge on any atom is -0.398 e. The Morgan fingerprint density at radius 3 is 2.30 bits per heavy atom. The molecule has 0 spiro atoms. The first-order valence-corrected chi connectivity index (χ1v) is 8.70. The van der Waals surface area contributed by atoms with Crippen molar-refractivity contribution in [1.82, 2.24) is 0 Å². The molecule has 1 heterocycles. The molecular weight excluding hydrogens is 358 g/mol. The van der Waals surface area contributed by atoms with Crippen molar-refractivity contribution in [2.75, 3.05) is 0 Å². The molecule has 0 bridgehead atoms. The third-order valence-corrected chi connectivity index (χ3v) is 5.05. The average Bonchev–Trinajstić information content (AvgIpc) is 2.57. The van der Waals surface area contributed by atoms with Gasteiger partial charge in [0.2, 0.25) is 0 Å². The quantitative estimate of drug-likeness (QED) is 0.639. The van der Waals surface area contributed by atoms with Gasteiger partial charge in [0.15, 0.2) is 0 Å². The molecule has 1 aromatic rings. The second kappa shape index (κ2) is 6.34. The Morgan fingerprint density at radius 2 is 1.78 bits per heavy atom. The summed E-state index contributed by atoms with van der Waals surface area (Å²) >= 11 is 3.47. The molecule has 0 radical (unpaired) electrons. The van der Waals surface area contributed by atoms with Crippen LogP contribution in [0.1, 0.15) is 47.1 Å². The summed E-state index contributed by atoms with van der Waals surface area (Å²) in [6.07, 6.45) is 2.36. The molecule has 2 nitrogen and oxygen atoms in total. The Balaban J connectivity index is 2.13. The lowest BCUT2D eigenvalue weighted by Gasteiger charge is -2.32. The van der Waals surface area contributed by atoms with Crippen LogP contribution in [0.3, 0.4) is 0 Å². The van der Waals surface area contributed by atoms with E-state index in [9.17, 15) is 4.39 Å². The summed E-state index contributed by atoms with van der Waals surface area (Å²) in [5.41, 5.74) is -0.603. The standard InChI is InChI=1S/C18H25BBrFO2/c1-16(2,11-13-8-7-9-14(20)10-13)12-15(21)19-22-17(3,4)18(5,6)23-19/h7-10,12H,11H2,1-6H3. The van der Waals surface area contributed by atoms with Crippen LogP contribution in [0.25, 0.3) is 0 Å². The van der Waals surface area contributed by atoms with Crippen LogP contribution in [0, 0.1) is 5.41 Å². The second-order valence-electron chi connectivity index (χ2n) is 7.91. The van der Waals surface area contributed by atoms with Crippen molar-refractivity contribution in [1.29, 1.82) is 0 Å². The van der Waals surface area contributed by atoms with Crippen LogP contribution in [0.2, 0.25) is 0 Å². The Kier molecular flexibility index (Phi) is 5.15. The van der Waals surface area contributed by atoms with Crippen LogP contribution in [-0.2, 0) is 15.7 Å². The zero-order chi connectivity index (χ0) is 17.5. The number of hydrogen-bond acceptors (Lipinski definition) is 2. The van der Waals surface area contributed by atoms with Gasteiger partial charge in [-0.3, -0.25) is 0 Å². The molecule has 1 aliphatic rings. The van der Waals surface area contributed by atoms with Gasteiger partial charge in [0, 0.05) is 4.47 Å². The number of allylic oxidation sites excluding steroid dienone is 1. The van der Waals surface area contributed by atoms with Gasteiger partial charge in [-0.15, -0.1) is 0 Å². The zero-order valence-corrected chi connectivity index (χ0v) is 16.3. The molecule has 1 aromatic carbocycles. The fraction of sp³-hybridized carbons (Fsp3) is 0.556. The van der Waals surface area contributed by atoms with Crippen molar-refractivity contribution < 1.29 is 13.7 Å². The molecule has 5 heteroatoms. The van der Waals surface area contributed by atoms with Crippen molar-refractivity contribution in [2.45, 2.75) is 59.2 Å². The fourth-order valence-corrected chi connectivity index (χ4v) is 3.07. The first-order chi connectivity index (χ1) is 10.4. The summed E-state index contributed by atoms with van der Waals surface area (Å²) in [6, 6.07) is 8.08. The summed E-state index contributed by atoms with van der Waals surface area (Å²) in [6.45, 7) is 11.7. The van der Waals surface area contributed by atoms with E-state index in [4.69, 9.17) is 9.31 Å². The van der Waals surface area contributed by atoms with Gasteiger partial charge in [0.05, 0.1) is 11.2 Å². The summed E-state index contributed by atoms with van der Waals surface area (Å²) in [5, 5.41) is 0. The van der Waals surface area contributed by atoms with Crippen molar-refractivity contribution in [3.8, 4) is 0 Å². The number of rotatable bonds is 4.